The van der Waals surface area contributed by atoms with Crippen LogP contribution in [0.3, 0.4) is 0 Å². The highest BCUT2D eigenvalue weighted by Gasteiger charge is 2.30. The zero-order valence-electron chi connectivity index (χ0n) is 15.7. The second-order valence-electron chi connectivity index (χ2n) is 6.23. The molecule has 1 unspecified atom stereocenters. The Morgan fingerprint density at radius 2 is 2.07 bits per heavy atom. The van der Waals surface area contributed by atoms with Gasteiger partial charge in [0.1, 0.15) is 0 Å². The van der Waals surface area contributed by atoms with E-state index < -0.39 is 17.8 Å². The van der Waals surface area contributed by atoms with Crippen LogP contribution in [0.15, 0.2) is 46.9 Å². The lowest BCUT2D eigenvalue weighted by atomic mass is 10.0. The number of amides is 1. The minimum Gasteiger partial charge on any atom is -0.349 e. The summed E-state index contributed by atoms with van der Waals surface area (Å²) in [5.41, 5.74) is -0.336. The van der Waals surface area contributed by atoms with Gasteiger partial charge >= 0.3 is 6.18 Å². The van der Waals surface area contributed by atoms with E-state index in [-0.39, 0.29) is 11.7 Å². The van der Waals surface area contributed by atoms with Crippen molar-refractivity contribution in [2.45, 2.75) is 37.8 Å². The zero-order valence-corrected chi connectivity index (χ0v) is 17.4. The number of aromatic nitrogens is 3. The van der Waals surface area contributed by atoms with E-state index >= 15 is 0 Å². The lowest BCUT2D eigenvalue weighted by Gasteiger charge is -2.16. The lowest BCUT2D eigenvalue weighted by Crippen LogP contribution is -2.28. The Kier molecular flexibility index (Phi) is 6.63. The van der Waals surface area contributed by atoms with Crippen molar-refractivity contribution in [1.29, 1.82) is 0 Å². The van der Waals surface area contributed by atoms with Crippen LogP contribution in [-0.2, 0) is 17.5 Å². The predicted molar refractivity (Wildman–Crippen MR) is 108 cm³/mol. The molecule has 5 nitrogen and oxygen atoms in total. The van der Waals surface area contributed by atoms with Crippen LogP contribution < -0.4 is 5.32 Å². The van der Waals surface area contributed by atoms with Gasteiger partial charge in [-0.25, -0.2) is 0 Å². The standard InChI is InChI=1S/C19H19F3N4OS2/c1-3-26-17(15-8-5-9-28-15)24-25-18(26)29-11-16(27)23-12(2)13-6-4-7-14(10-13)19(20,21)22/h4-10,12H,3,11H2,1-2H3,(H,23,27). The molecule has 0 aliphatic heterocycles. The molecule has 2 heterocycles. The van der Waals surface area contributed by atoms with Crippen LogP contribution in [0.2, 0.25) is 0 Å². The summed E-state index contributed by atoms with van der Waals surface area (Å²) in [5.74, 6) is 0.553. The van der Waals surface area contributed by atoms with Crippen molar-refractivity contribution in [3.05, 3.63) is 52.9 Å². The number of thioether (sulfide) groups is 1. The minimum atomic E-state index is -4.42. The topological polar surface area (TPSA) is 59.8 Å². The molecular formula is C19H19F3N4OS2. The molecule has 0 saturated carbocycles. The summed E-state index contributed by atoms with van der Waals surface area (Å²) >= 11 is 2.80. The average Bonchev–Trinajstić information content (AvgIpc) is 3.34. The number of thiophene rings is 1. The molecule has 2 aromatic heterocycles. The normalized spacial score (nSPS) is 12.7. The van der Waals surface area contributed by atoms with Crippen molar-refractivity contribution in [3.63, 3.8) is 0 Å². The molecule has 0 fully saturated rings. The highest BCUT2D eigenvalue weighted by molar-refractivity contribution is 7.99. The van der Waals surface area contributed by atoms with E-state index in [2.05, 4.69) is 15.5 Å². The highest BCUT2D eigenvalue weighted by Crippen LogP contribution is 2.31. The third-order valence-electron chi connectivity index (χ3n) is 4.20. The molecular weight excluding hydrogens is 421 g/mol. The Morgan fingerprint density at radius 3 is 2.72 bits per heavy atom. The fraction of sp³-hybridized carbons (Fsp3) is 0.316. The molecule has 1 amide bonds. The van der Waals surface area contributed by atoms with Crippen molar-refractivity contribution in [1.82, 2.24) is 20.1 Å². The first-order valence-corrected chi connectivity index (χ1v) is 10.7. The molecule has 0 spiro atoms. The van der Waals surface area contributed by atoms with E-state index in [0.29, 0.717) is 17.3 Å². The monoisotopic (exact) mass is 440 g/mol. The molecule has 0 bridgehead atoms. The molecule has 0 radical (unpaired) electrons. The average molecular weight is 441 g/mol. The smallest absolute Gasteiger partial charge is 0.349 e. The molecule has 154 valence electrons. The van der Waals surface area contributed by atoms with Crippen LogP contribution in [0, 0.1) is 0 Å². The summed E-state index contributed by atoms with van der Waals surface area (Å²) in [6, 6.07) is 8.31. The molecule has 29 heavy (non-hydrogen) atoms. The maximum atomic E-state index is 12.9. The van der Waals surface area contributed by atoms with Crippen LogP contribution in [0.5, 0.6) is 0 Å². The van der Waals surface area contributed by atoms with Gasteiger partial charge in [-0.3, -0.25) is 4.79 Å². The minimum absolute atomic E-state index is 0.0892. The van der Waals surface area contributed by atoms with Gasteiger partial charge in [-0.15, -0.1) is 21.5 Å². The molecule has 3 aromatic rings. The van der Waals surface area contributed by atoms with Gasteiger partial charge in [0.15, 0.2) is 11.0 Å². The molecule has 1 aromatic carbocycles. The largest absolute Gasteiger partial charge is 0.416 e. The van der Waals surface area contributed by atoms with E-state index in [4.69, 9.17) is 0 Å². The number of hydrogen-bond donors (Lipinski definition) is 1. The van der Waals surface area contributed by atoms with Gasteiger partial charge in [0, 0.05) is 6.54 Å². The summed E-state index contributed by atoms with van der Waals surface area (Å²) in [4.78, 5) is 13.3. The number of nitrogens with one attached hydrogen (secondary N) is 1. The molecule has 1 N–H and O–H groups in total. The van der Waals surface area contributed by atoms with Crippen LogP contribution in [-0.4, -0.2) is 26.4 Å². The van der Waals surface area contributed by atoms with Gasteiger partial charge in [-0.2, -0.15) is 13.2 Å². The summed E-state index contributed by atoms with van der Waals surface area (Å²) in [5, 5.41) is 13.7. The third-order valence-corrected chi connectivity index (χ3v) is 6.03. The number of hydrogen-bond acceptors (Lipinski definition) is 5. The molecule has 0 aliphatic rings. The van der Waals surface area contributed by atoms with Gasteiger partial charge in [0.25, 0.3) is 0 Å². The van der Waals surface area contributed by atoms with Crippen molar-refractivity contribution >= 4 is 29.0 Å². The molecule has 0 saturated heterocycles. The molecule has 10 heteroatoms. The SMILES string of the molecule is CCn1c(SCC(=O)NC(C)c2cccc(C(F)(F)F)c2)nnc1-c1cccs1. The Morgan fingerprint density at radius 1 is 1.28 bits per heavy atom. The third kappa shape index (κ3) is 5.18. The van der Waals surface area contributed by atoms with Gasteiger partial charge in [0.05, 0.1) is 22.2 Å². The quantitative estimate of drug-likeness (QED) is 0.525. The van der Waals surface area contributed by atoms with Gasteiger partial charge in [-0.1, -0.05) is 30.0 Å². The van der Waals surface area contributed by atoms with Gasteiger partial charge in [-0.05, 0) is 43.0 Å². The summed E-state index contributed by atoms with van der Waals surface area (Å²) < 4.78 is 40.5. The number of carbonyl (C=O) groups excluding carboxylic acids is 1. The van der Waals surface area contributed by atoms with Crippen LogP contribution in [0.1, 0.15) is 31.0 Å². The Balaban J connectivity index is 1.62. The van der Waals surface area contributed by atoms with Gasteiger partial charge < -0.3 is 9.88 Å². The number of halogens is 3. The van der Waals surface area contributed by atoms with E-state index in [1.165, 1.54) is 17.8 Å². The predicted octanol–water partition coefficient (Wildman–Crippen LogP) is 5.01. The molecule has 1 atom stereocenters. The number of carbonyl (C=O) groups is 1. The Hall–Kier alpha value is -2.33. The van der Waals surface area contributed by atoms with Crippen LogP contribution in [0.4, 0.5) is 13.2 Å². The highest BCUT2D eigenvalue weighted by atomic mass is 32.2. The van der Waals surface area contributed by atoms with Crippen molar-refractivity contribution in [2.24, 2.45) is 0 Å². The Bertz CT molecular complexity index is 970. The van der Waals surface area contributed by atoms with Gasteiger partial charge in [0.2, 0.25) is 5.91 Å². The first kappa shape index (κ1) is 21.4. The van der Waals surface area contributed by atoms with E-state index in [9.17, 15) is 18.0 Å². The zero-order chi connectivity index (χ0) is 21.0. The van der Waals surface area contributed by atoms with Crippen LogP contribution in [0.25, 0.3) is 10.7 Å². The number of rotatable bonds is 7. The first-order chi connectivity index (χ1) is 13.8. The van der Waals surface area contributed by atoms with E-state index in [0.717, 1.165) is 22.8 Å². The van der Waals surface area contributed by atoms with Crippen molar-refractivity contribution in [2.75, 3.05) is 5.75 Å². The fourth-order valence-corrected chi connectivity index (χ4v) is 4.28. The second kappa shape index (κ2) is 9.00. The van der Waals surface area contributed by atoms with Crippen molar-refractivity contribution < 1.29 is 18.0 Å². The summed E-state index contributed by atoms with van der Waals surface area (Å²) in [6.07, 6.45) is -4.42. The summed E-state index contributed by atoms with van der Waals surface area (Å²) in [7, 11) is 0. The lowest BCUT2D eigenvalue weighted by molar-refractivity contribution is -0.137. The van der Waals surface area contributed by atoms with Crippen molar-refractivity contribution in [3.8, 4) is 10.7 Å². The van der Waals surface area contributed by atoms with Crippen LogP contribution >= 0.6 is 23.1 Å². The fourth-order valence-electron chi connectivity index (χ4n) is 2.75. The van der Waals surface area contributed by atoms with E-state index in [1.807, 2.05) is 29.0 Å². The number of nitrogens with zero attached hydrogens (tertiary/aromatic N) is 3. The maximum absolute atomic E-state index is 12.9. The molecule has 0 aliphatic carbocycles. The maximum Gasteiger partial charge on any atom is 0.416 e. The second-order valence-corrected chi connectivity index (χ2v) is 8.12. The first-order valence-electron chi connectivity index (χ1n) is 8.86. The Labute approximate surface area is 174 Å². The number of benzene rings is 1. The number of alkyl halides is 3. The van der Waals surface area contributed by atoms with E-state index in [1.54, 1.807) is 24.3 Å². The summed E-state index contributed by atoms with van der Waals surface area (Å²) in [6.45, 7) is 4.28. The molecule has 3 rings (SSSR count).